The van der Waals surface area contributed by atoms with Gasteiger partial charge in [0.2, 0.25) is 0 Å². The normalized spacial score (nSPS) is 9.70. The summed E-state index contributed by atoms with van der Waals surface area (Å²) in [5.41, 5.74) is -0.414. The van der Waals surface area contributed by atoms with Crippen molar-refractivity contribution in [3.05, 3.63) is 29.6 Å². The Hall–Kier alpha value is -2.64. The number of amides is 2. The number of carboxylic acids is 1. The molecule has 7 nitrogen and oxygen atoms in total. The number of hydrogen-bond acceptors (Lipinski definition) is 4. The lowest BCUT2D eigenvalue weighted by molar-refractivity contribution is -0.140. The molecule has 0 aliphatic carbocycles. The highest BCUT2D eigenvalue weighted by molar-refractivity contribution is 6.00. The van der Waals surface area contributed by atoms with Gasteiger partial charge in [-0.25, -0.2) is 14.0 Å². The number of rotatable bonds is 5. The molecule has 0 fully saturated rings. The minimum absolute atomic E-state index is 0.0148. The van der Waals surface area contributed by atoms with Crippen molar-refractivity contribution in [2.24, 2.45) is 0 Å². The maximum Gasteiger partial charge on any atom is 0.337 e. The fraction of sp³-hybridized carbons (Fsp3) is 0.250. The zero-order valence-electron chi connectivity index (χ0n) is 10.6. The van der Waals surface area contributed by atoms with Gasteiger partial charge in [0.1, 0.15) is 5.82 Å². The molecular formula is C12H13FN2O5. The maximum atomic E-state index is 12.9. The number of urea groups is 1. The van der Waals surface area contributed by atoms with E-state index in [2.05, 4.69) is 15.4 Å². The van der Waals surface area contributed by atoms with Crippen LogP contribution in [-0.4, -0.2) is 36.7 Å². The van der Waals surface area contributed by atoms with Crippen LogP contribution in [0.4, 0.5) is 14.9 Å². The van der Waals surface area contributed by atoms with E-state index in [1.807, 2.05) is 0 Å². The summed E-state index contributed by atoms with van der Waals surface area (Å²) in [4.78, 5) is 33.2. The van der Waals surface area contributed by atoms with Crippen molar-refractivity contribution < 1.29 is 28.6 Å². The number of hydrogen-bond donors (Lipinski definition) is 3. The highest BCUT2D eigenvalue weighted by Gasteiger charge is 2.13. The van der Waals surface area contributed by atoms with Crippen LogP contribution in [0.1, 0.15) is 16.8 Å². The molecule has 0 aromatic heterocycles. The molecule has 0 saturated heterocycles. The molecule has 0 spiro atoms. The first-order valence-electron chi connectivity index (χ1n) is 5.58. The molecule has 1 aromatic carbocycles. The van der Waals surface area contributed by atoms with Crippen molar-refractivity contribution in [1.29, 1.82) is 0 Å². The Morgan fingerprint density at radius 2 is 2.05 bits per heavy atom. The summed E-state index contributed by atoms with van der Waals surface area (Å²) in [6.45, 7) is 0.0299. The van der Waals surface area contributed by atoms with Gasteiger partial charge in [-0.3, -0.25) is 4.79 Å². The van der Waals surface area contributed by atoms with Gasteiger partial charge in [-0.1, -0.05) is 0 Å². The van der Waals surface area contributed by atoms with Crippen LogP contribution in [0.5, 0.6) is 0 Å². The molecule has 3 N–H and O–H groups in total. The number of halogens is 1. The predicted octanol–water partition coefficient (Wildman–Crippen LogP) is 1.21. The van der Waals surface area contributed by atoms with Crippen molar-refractivity contribution in [3.8, 4) is 0 Å². The average molecular weight is 284 g/mol. The fourth-order valence-corrected chi connectivity index (χ4v) is 1.35. The first-order chi connectivity index (χ1) is 9.43. The molecular weight excluding hydrogens is 271 g/mol. The van der Waals surface area contributed by atoms with E-state index in [-0.39, 0.29) is 24.2 Å². The Bertz CT molecular complexity index is 533. The quantitative estimate of drug-likeness (QED) is 0.705. The maximum absolute atomic E-state index is 12.9. The molecule has 1 aromatic rings. The summed E-state index contributed by atoms with van der Waals surface area (Å²) in [5.74, 6) is -2.58. The number of carbonyl (C=O) groups is 3. The van der Waals surface area contributed by atoms with Gasteiger partial charge in [0.25, 0.3) is 0 Å². The summed E-state index contributed by atoms with van der Waals surface area (Å²) in [6.07, 6.45) is -0.0148. The van der Waals surface area contributed by atoms with E-state index in [1.54, 1.807) is 0 Å². The molecule has 8 heteroatoms. The van der Waals surface area contributed by atoms with Gasteiger partial charge in [0, 0.05) is 6.54 Å². The molecule has 0 aliphatic heterocycles. The number of aromatic carboxylic acids is 1. The smallest absolute Gasteiger partial charge is 0.337 e. The number of benzene rings is 1. The lowest BCUT2D eigenvalue weighted by Gasteiger charge is -2.09. The van der Waals surface area contributed by atoms with Gasteiger partial charge in [-0.05, 0) is 18.2 Å². The third-order valence-corrected chi connectivity index (χ3v) is 2.30. The summed E-state index contributed by atoms with van der Waals surface area (Å²) in [5, 5.41) is 13.5. The van der Waals surface area contributed by atoms with Gasteiger partial charge in [0.05, 0.1) is 24.8 Å². The van der Waals surface area contributed by atoms with E-state index in [4.69, 9.17) is 5.11 Å². The van der Waals surface area contributed by atoms with Crippen LogP contribution in [-0.2, 0) is 9.53 Å². The standard InChI is InChI=1S/C12H13FN2O5/c1-20-10(16)4-5-14-12(19)15-9-3-2-7(13)6-8(9)11(17)18/h2-3,6H,4-5H2,1H3,(H,17,18)(H2,14,15,19). The largest absolute Gasteiger partial charge is 0.478 e. The molecule has 1 rings (SSSR count). The van der Waals surface area contributed by atoms with Gasteiger partial charge < -0.3 is 20.5 Å². The van der Waals surface area contributed by atoms with E-state index in [0.717, 1.165) is 18.2 Å². The van der Waals surface area contributed by atoms with Crippen LogP contribution in [0.2, 0.25) is 0 Å². The Kier molecular flexibility index (Phi) is 5.45. The molecule has 0 atom stereocenters. The molecule has 2 amide bonds. The SMILES string of the molecule is COC(=O)CCNC(=O)Nc1ccc(F)cc1C(=O)O. The highest BCUT2D eigenvalue weighted by atomic mass is 19.1. The van der Waals surface area contributed by atoms with Crippen molar-refractivity contribution in [1.82, 2.24) is 5.32 Å². The van der Waals surface area contributed by atoms with Crippen LogP contribution >= 0.6 is 0 Å². The van der Waals surface area contributed by atoms with E-state index in [9.17, 15) is 18.8 Å². The van der Waals surface area contributed by atoms with E-state index < -0.39 is 23.8 Å². The number of carbonyl (C=O) groups excluding carboxylic acids is 2. The second-order valence-corrected chi connectivity index (χ2v) is 3.70. The third-order valence-electron chi connectivity index (χ3n) is 2.30. The first-order valence-corrected chi connectivity index (χ1v) is 5.58. The topological polar surface area (TPSA) is 105 Å². The van der Waals surface area contributed by atoms with E-state index in [1.165, 1.54) is 7.11 Å². The Balaban J connectivity index is 2.62. The van der Waals surface area contributed by atoms with Crippen LogP contribution in [0.3, 0.4) is 0 Å². The van der Waals surface area contributed by atoms with Gasteiger partial charge >= 0.3 is 18.0 Å². The number of carboxylic acid groups (broad SMARTS) is 1. The summed E-state index contributed by atoms with van der Waals surface area (Å²) in [6, 6.07) is 2.25. The Morgan fingerprint density at radius 3 is 2.65 bits per heavy atom. The number of anilines is 1. The lowest BCUT2D eigenvalue weighted by atomic mass is 10.2. The highest BCUT2D eigenvalue weighted by Crippen LogP contribution is 2.16. The van der Waals surface area contributed by atoms with Gasteiger partial charge in [-0.15, -0.1) is 0 Å². The monoisotopic (exact) mass is 284 g/mol. The van der Waals surface area contributed by atoms with Crippen molar-refractivity contribution in [2.75, 3.05) is 19.0 Å². The fourth-order valence-electron chi connectivity index (χ4n) is 1.35. The molecule has 108 valence electrons. The van der Waals surface area contributed by atoms with E-state index in [0.29, 0.717) is 0 Å². The van der Waals surface area contributed by atoms with Crippen LogP contribution in [0.25, 0.3) is 0 Å². The average Bonchev–Trinajstić information content (AvgIpc) is 2.40. The summed E-state index contributed by atoms with van der Waals surface area (Å²) in [7, 11) is 1.22. The predicted molar refractivity (Wildman–Crippen MR) is 67.0 cm³/mol. The van der Waals surface area contributed by atoms with Crippen LogP contribution < -0.4 is 10.6 Å². The van der Waals surface area contributed by atoms with Gasteiger partial charge in [0.15, 0.2) is 0 Å². The molecule has 0 saturated carbocycles. The molecule has 0 radical (unpaired) electrons. The molecule has 0 heterocycles. The Morgan fingerprint density at radius 1 is 1.35 bits per heavy atom. The number of esters is 1. The second-order valence-electron chi connectivity index (χ2n) is 3.70. The molecule has 20 heavy (non-hydrogen) atoms. The Labute approximate surface area is 113 Å². The second kappa shape index (κ2) is 7.07. The first kappa shape index (κ1) is 15.4. The molecule has 0 aliphatic rings. The lowest BCUT2D eigenvalue weighted by Crippen LogP contribution is -2.31. The van der Waals surface area contributed by atoms with Crippen LogP contribution in [0, 0.1) is 5.82 Å². The summed E-state index contributed by atoms with van der Waals surface area (Å²) < 4.78 is 17.3. The van der Waals surface area contributed by atoms with Crippen molar-refractivity contribution in [2.45, 2.75) is 6.42 Å². The minimum atomic E-state index is -1.37. The number of ether oxygens (including phenoxy) is 1. The van der Waals surface area contributed by atoms with E-state index >= 15 is 0 Å². The van der Waals surface area contributed by atoms with Crippen molar-refractivity contribution >= 4 is 23.7 Å². The molecule has 0 unspecified atom stereocenters. The van der Waals surface area contributed by atoms with Crippen LogP contribution in [0.15, 0.2) is 18.2 Å². The third kappa shape index (κ3) is 4.56. The zero-order valence-corrected chi connectivity index (χ0v) is 10.6. The molecule has 0 bridgehead atoms. The van der Waals surface area contributed by atoms with Crippen molar-refractivity contribution in [3.63, 3.8) is 0 Å². The summed E-state index contributed by atoms with van der Waals surface area (Å²) >= 11 is 0. The number of methoxy groups -OCH3 is 1. The minimum Gasteiger partial charge on any atom is -0.478 e. The number of nitrogens with one attached hydrogen (secondary N) is 2. The zero-order chi connectivity index (χ0) is 15.1. The van der Waals surface area contributed by atoms with Gasteiger partial charge in [-0.2, -0.15) is 0 Å².